The monoisotopic (exact) mass is 294 g/mol. The summed E-state index contributed by atoms with van der Waals surface area (Å²) in [6.07, 6.45) is 0. The highest BCUT2D eigenvalue weighted by Gasteiger charge is 2.10. The Labute approximate surface area is 120 Å². The molecule has 0 aliphatic rings. The fraction of sp³-hybridized carbons (Fsp3) is 0.133. The van der Waals surface area contributed by atoms with Crippen molar-refractivity contribution < 1.29 is 19.0 Å². The molecule has 0 bridgehead atoms. The van der Waals surface area contributed by atoms with Crippen molar-refractivity contribution in [1.82, 2.24) is 0 Å². The lowest BCUT2D eigenvalue weighted by Crippen LogP contribution is -2.02. The van der Waals surface area contributed by atoms with Crippen molar-refractivity contribution in [2.75, 3.05) is 0 Å². The average Bonchev–Trinajstić information content (AvgIpc) is 2.39. The number of carboxylic acid groups (broad SMARTS) is 1. The van der Waals surface area contributed by atoms with Crippen molar-refractivity contribution >= 4 is 17.6 Å². The van der Waals surface area contributed by atoms with Crippen LogP contribution in [0.15, 0.2) is 36.4 Å². The molecule has 0 saturated carbocycles. The van der Waals surface area contributed by atoms with Crippen LogP contribution in [0, 0.1) is 12.7 Å². The van der Waals surface area contributed by atoms with Crippen LogP contribution in [0.4, 0.5) is 4.39 Å². The van der Waals surface area contributed by atoms with Gasteiger partial charge in [-0.05, 0) is 42.8 Å². The Bertz CT molecular complexity index is 635. The topological polar surface area (TPSA) is 46.5 Å². The van der Waals surface area contributed by atoms with Crippen LogP contribution < -0.4 is 4.74 Å². The fourth-order valence-corrected chi connectivity index (χ4v) is 1.98. The molecule has 2 aromatic carbocycles. The van der Waals surface area contributed by atoms with E-state index in [-0.39, 0.29) is 17.7 Å². The van der Waals surface area contributed by atoms with E-state index < -0.39 is 11.8 Å². The largest absolute Gasteiger partial charge is 0.488 e. The van der Waals surface area contributed by atoms with Gasteiger partial charge >= 0.3 is 5.97 Å². The van der Waals surface area contributed by atoms with E-state index in [0.29, 0.717) is 16.3 Å². The van der Waals surface area contributed by atoms with Crippen molar-refractivity contribution in [3.05, 3.63) is 63.9 Å². The molecule has 0 aromatic heterocycles. The number of ether oxygens (including phenoxy) is 1. The molecular weight excluding hydrogens is 283 g/mol. The molecule has 2 rings (SSSR count). The Balaban J connectivity index is 2.17. The molecule has 104 valence electrons. The zero-order chi connectivity index (χ0) is 14.7. The standard InChI is InChI=1S/C15H12ClFO3/c1-9-7-10(15(18)19)5-6-14(9)20-8-11-12(16)3-2-4-13(11)17/h2-7H,8H2,1H3,(H,18,19). The lowest BCUT2D eigenvalue weighted by Gasteiger charge is -2.11. The molecule has 0 amide bonds. The van der Waals surface area contributed by atoms with Gasteiger partial charge in [0.1, 0.15) is 18.2 Å². The van der Waals surface area contributed by atoms with Crippen molar-refractivity contribution in [2.45, 2.75) is 13.5 Å². The maximum Gasteiger partial charge on any atom is 0.335 e. The molecule has 0 saturated heterocycles. The van der Waals surface area contributed by atoms with Gasteiger partial charge < -0.3 is 9.84 Å². The van der Waals surface area contributed by atoms with Gasteiger partial charge in [-0.1, -0.05) is 17.7 Å². The van der Waals surface area contributed by atoms with Gasteiger partial charge in [-0.25, -0.2) is 9.18 Å². The Morgan fingerprint density at radius 1 is 1.35 bits per heavy atom. The minimum Gasteiger partial charge on any atom is -0.488 e. The molecule has 0 heterocycles. The molecule has 0 unspecified atom stereocenters. The summed E-state index contributed by atoms with van der Waals surface area (Å²) in [4.78, 5) is 10.8. The SMILES string of the molecule is Cc1cc(C(=O)O)ccc1OCc1c(F)cccc1Cl. The van der Waals surface area contributed by atoms with Gasteiger partial charge in [0.25, 0.3) is 0 Å². The number of benzene rings is 2. The summed E-state index contributed by atoms with van der Waals surface area (Å²) < 4.78 is 19.1. The molecular formula is C15H12ClFO3. The van der Waals surface area contributed by atoms with Gasteiger partial charge in [0.05, 0.1) is 10.6 Å². The third-order valence-corrected chi connectivity index (χ3v) is 3.21. The van der Waals surface area contributed by atoms with Gasteiger partial charge in [-0.2, -0.15) is 0 Å². The van der Waals surface area contributed by atoms with E-state index in [1.165, 1.54) is 24.3 Å². The lowest BCUT2D eigenvalue weighted by molar-refractivity contribution is 0.0696. The van der Waals surface area contributed by atoms with Crippen LogP contribution >= 0.6 is 11.6 Å². The summed E-state index contributed by atoms with van der Waals surface area (Å²) >= 11 is 5.90. The quantitative estimate of drug-likeness (QED) is 0.925. The van der Waals surface area contributed by atoms with E-state index >= 15 is 0 Å². The number of carbonyl (C=O) groups is 1. The summed E-state index contributed by atoms with van der Waals surface area (Å²) in [5, 5.41) is 9.17. The highest BCUT2D eigenvalue weighted by molar-refractivity contribution is 6.31. The third kappa shape index (κ3) is 3.08. The predicted molar refractivity (Wildman–Crippen MR) is 73.9 cm³/mol. The van der Waals surface area contributed by atoms with E-state index in [2.05, 4.69) is 0 Å². The molecule has 0 radical (unpaired) electrons. The molecule has 20 heavy (non-hydrogen) atoms. The first kappa shape index (κ1) is 14.3. The number of rotatable bonds is 4. The summed E-state index contributed by atoms with van der Waals surface area (Å²) in [6.45, 7) is 1.71. The van der Waals surface area contributed by atoms with Gasteiger partial charge in [-0.15, -0.1) is 0 Å². The molecule has 1 N–H and O–H groups in total. The highest BCUT2D eigenvalue weighted by atomic mass is 35.5. The molecule has 0 fully saturated rings. The Kier molecular flexibility index (Phi) is 4.25. The zero-order valence-electron chi connectivity index (χ0n) is 10.7. The summed E-state index contributed by atoms with van der Waals surface area (Å²) in [5.41, 5.74) is 1.12. The van der Waals surface area contributed by atoms with Crippen LogP contribution in [-0.2, 0) is 6.61 Å². The van der Waals surface area contributed by atoms with E-state index in [1.807, 2.05) is 0 Å². The molecule has 5 heteroatoms. The second-order valence-electron chi connectivity index (χ2n) is 4.27. The maximum absolute atomic E-state index is 13.6. The predicted octanol–water partition coefficient (Wildman–Crippen LogP) is 4.06. The highest BCUT2D eigenvalue weighted by Crippen LogP contribution is 2.24. The first-order valence-electron chi connectivity index (χ1n) is 5.88. The Morgan fingerprint density at radius 3 is 2.70 bits per heavy atom. The number of hydrogen-bond acceptors (Lipinski definition) is 2. The van der Waals surface area contributed by atoms with Gasteiger partial charge in [0, 0.05) is 5.56 Å². The van der Waals surface area contributed by atoms with Crippen LogP contribution in [0.5, 0.6) is 5.75 Å². The van der Waals surface area contributed by atoms with E-state index in [4.69, 9.17) is 21.4 Å². The second-order valence-corrected chi connectivity index (χ2v) is 4.68. The number of carboxylic acids is 1. The minimum atomic E-state index is -1.00. The van der Waals surface area contributed by atoms with Crippen molar-refractivity contribution in [3.63, 3.8) is 0 Å². The summed E-state index contributed by atoms with van der Waals surface area (Å²) in [6, 6.07) is 8.91. The number of halogens is 2. The van der Waals surface area contributed by atoms with E-state index in [1.54, 1.807) is 19.1 Å². The first-order valence-corrected chi connectivity index (χ1v) is 6.26. The molecule has 0 spiro atoms. The maximum atomic E-state index is 13.6. The summed E-state index contributed by atoms with van der Waals surface area (Å²) in [7, 11) is 0. The smallest absolute Gasteiger partial charge is 0.335 e. The van der Waals surface area contributed by atoms with Crippen molar-refractivity contribution in [3.8, 4) is 5.75 Å². The van der Waals surface area contributed by atoms with Crippen LogP contribution in [0.1, 0.15) is 21.5 Å². The van der Waals surface area contributed by atoms with E-state index in [9.17, 15) is 9.18 Å². The van der Waals surface area contributed by atoms with Crippen LogP contribution in [0.3, 0.4) is 0 Å². The summed E-state index contributed by atoms with van der Waals surface area (Å²) in [5.74, 6) is -0.941. The average molecular weight is 295 g/mol. The normalized spacial score (nSPS) is 10.3. The van der Waals surface area contributed by atoms with Gasteiger partial charge in [0.2, 0.25) is 0 Å². The zero-order valence-corrected chi connectivity index (χ0v) is 11.4. The minimum absolute atomic E-state index is 0.0151. The molecule has 2 aromatic rings. The van der Waals surface area contributed by atoms with Crippen molar-refractivity contribution in [2.24, 2.45) is 0 Å². The van der Waals surface area contributed by atoms with Gasteiger partial charge in [-0.3, -0.25) is 0 Å². The van der Waals surface area contributed by atoms with Crippen LogP contribution in [0.25, 0.3) is 0 Å². The fourth-order valence-electron chi connectivity index (χ4n) is 1.76. The first-order chi connectivity index (χ1) is 9.49. The number of aromatic carboxylic acids is 1. The van der Waals surface area contributed by atoms with E-state index in [0.717, 1.165) is 0 Å². The third-order valence-electron chi connectivity index (χ3n) is 2.86. The molecule has 0 aliphatic carbocycles. The lowest BCUT2D eigenvalue weighted by atomic mass is 10.1. The number of aryl methyl sites for hydroxylation is 1. The van der Waals surface area contributed by atoms with Gasteiger partial charge in [0.15, 0.2) is 0 Å². The molecule has 0 aliphatic heterocycles. The Morgan fingerprint density at radius 2 is 2.10 bits per heavy atom. The molecule has 3 nitrogen and oxygen atoms in total. The Hall–Kier alpha value is -2.07. The second kappa shape index (κ2) is 5.92. The molecule has 0 atom stereocenters. The number of hydrogen-bond donors (Lipinski definition) is 1. The van der Waals surface area contributed by atoms with Crippen LogP contribution in [0.2, 0.25) is 5.02 Å². The van der Waals surface area contributed by atoms with Crippen molar-refractivity contribution in [1.29, 1.82) is 0 Å². The van der Waals surface area contributed by atoms with Crippen LogP contribution in [-0.4, -0.2) is 11.1 Å².